The van der Waals surface area contributed by atoms with Crippen molar-refractivity contribution in [3.8, 4) is 0 Å². The molecule has 3 N–H and O–H groups in total. The van der Waals surface area contributed by atoms with Crippen LogP contribution in [0.1, 0.15) is 11.3 Å². The van der Waals surface area contributed by atoms with E-state index < -0.39 is 0 Å². The SMILES string of the molecule is Fc1ccc2[nH]cc(CCNC(=S)NCc3ccco3)c2c1. The second-order valence-electron chi connectivity index (χ2n) is 4.94. The van der Waals surface area contributed by atoms with Gasteiger partial charge >= 0.3 is 0 Å². The van der Waals surface area contributed by atoms with Crippen molar-refractivity contribution < 1.29 is 8.81 Å². The molecule has 1 aromatic carbocycles. The first-order valence-corrected chi connectivity index (χ1v) is 7.43. The van der Waals surface area contributed by atoms with Gasteiger partial charge in [-0.2, -0.15) is 0 Å². The smallest absolute Gasteiger partial charge is 0.166 e. The molecule has 0 saturated carbocycles. The van der Waals surface area contributed by atoms with E-state index in [-0.39, 0.29) is 5.82 Å². The minimum atomic E-state index is -0.225. The zero-order valence-electron chi connectivity index (χ0n) is 11.9. The summed E-state index contributed by atoms with van der Waals surface area (Å²) in [6.07, 6.45) is 4.29. The number of hydrogen-bond donors (Lipinski definition) is 3. The van der Waals surface area contributed by atoms with E-state index in [2.05, 4.69) is 15.6 Å². The normalized spacial score (nSPS) is 10.8. The van der Waals surface area contributed by atoms with Gasteiger partial charge in [-0.05, 0) is 54.5 Å². The van der Waals surface area contributed by atoms with Gasteiger partial charge in [0.1, 0.15) is 11.6 Å². The molecule has 0 unspecified atom stereocenters. The summed E-state index contributed by atoms with van der Waals surface area (Å²) in [7, 11) is 0. The molecule has 6 heteroatoms. The Bertz CT molecular complexity index is 767. The number of halogens is 1. The number of H-pyrrole nitrogens is 1. The molecule has 114 valence electrons. The molecule has 3 aromatic rings. The molecule has 3 rings (SSSR count). The van der Waals surface area contributed by atoms with Crippen molar-refractivity contribution in [3.63, 3.8) is 0 Å². The third-order valence-corrected chi connectivity index (χ3v) is 3.70. The predicted octanol–water partition coefficient (Wildman–Crippen LogP) is 3.11. The highest BCUT2D eigenvalue weighted by molar-refractivity contribution is 7.80. The molecular formula is C16H16FN3OS. The Morgan fingerprint density at radius 3 is 3.00 bits per heavy atom. The second kappa shape index (κ2) is 6.62. The summed E-state index contributed by atoms with van der Waals surface area (Å²) < 4.78 is 18.5. The standard InChI is InChI=1S/C16H16FN3OS/c17-12-3-4-15-14(8-12)11(9-19-15)5-6-18-16(22)20-10-13-2-1-7-21-13/h1-4,7-9,19H,5-6,10H2,(H2,18,20,22). The van der Waals surface area contributed by atoms with E-state index in [0.29, 0.717) is 18.2 Å². The molecule has 0 radical (unpaired) electrons. The molecule has 2 aromatic heterocycles. The van der Waals surface area contributed by atoms with Crippen LogP contribution in [0.4, 0.5) is 4.39 Å². The number of hydrogen-bond acceptors (Lipinski definition) is 2. The van der Waals surface area contributed by atoms with Crippen LogP contribution in [-0.2, 0) is 13.0 Å². The molecule has 2 heterocycles. The number of furan rings is 1. The van der Waals surface area contributed by atoms with Crippen LogP contribution < -0.4 is 10.6 Å². The first-order chi connectivity index (χ1) is 10.7. The van der Waals surface area contributed by atoms with Crippen molar-refractivity contribution in [1.29, 1.82) is 0 Å². The maximum absolute atomic E-state index is 13.3. The Labute approximate surface area is 132 Å². The van der Waals surface area contributed by atoms with E-state index in [4.69, 9.17) is 16.6 Å². The molecule has 4 nitrogen and oxygen atoms in total. The van der Waals surface area contributed by atoms with Crippen LogP contribution in [0, 0.1) is 5.82 Å². The van der Waals surface area contributed by atoms with Crippen molar-refractivity contribution in [1.82, 2.24) is 15.6 Å². The van der Waals surface area contributed by atoms with Crippen LogP contribution in [-0.4, -0.2) is 16.6 Å². The molecule has 0 bridgehead atoms. The van der Waals surface area contributed by atoms with E-state index in [0.717, 1.165) is 28.6 Å². The molecule has 0 aliphatic carbocycles. The van der Waals surface area contributed by atoms with E-state index in [9.17, 15) is 4.39 Å². The van der Waals surface area contributed by atoms with Gasteiger partial charge in [-0.3, -0.25) is 0 Å². The number of benzene rings is 1. The summed E-state index contributed by atoms with van der Waals surface area (Å²) >= 11 is 5.21. The average molecular weight is 317 g/mol. The van der Waals surface area contributed by atoms with Crippen molar-refractivity contribution in [2.24, 2.45) is 0 Å². The van der Waals surface area contributed by atoms with Crippen LogP contribution in [0.5, 0.6) is 0 Å². The summed E-state index contributed by atoms with van der Waals surface area (Å²) in [4.78, 5) is 3.14. The van der Waals surface area contributed by atoms with Crippen LogP contribution in [0.15, 0.2) is 47.2 Å². The highest BCUT2D eigenvalue weighted by Gasteiger charge is 2.05. The number of fused-ring (bicyclic) bond motifs is 1. The summed E-state index contributed by atoms with van der Waals surface area (Å²) in [5, 5.41) is 7.69. The van der Waals surface area contributed by atoms with Crippen molar-refractivity contribution >= 4 is 28.2 Å². The molecule has 22 heavy (non-hydrogen) atoms. The minimum Gasteiger partial charge on any atom is -0.467 e. The maximum atomic E-state index is 13.3. The fourth-order valence-corrected chi connectivity index (χ4v) is 2.49. The lowest BCUT2D eigenvalue weighted by molar-refractivity contribution is 0.502. The van der Waals surface area contributed by atoms with Crippen LogP contribution in [0.3, 0.4) is 0 Å². The first-order valence-electron chi connectivity index (χ1n) is 7.02. The number of thiocarbonyl (C=S) groups is 1. The van der Waals surface area contributed by atoms with Crippen LogP contribution in [0.25, 0.3) is 10.9 Å². The molecule has 0 amide bonds. The van der Waals surface area contributed by atoms with Gasteiger partial charge in [-0.1, -0.05) is 0 Å². The summed E-state index contributed by atoms with van der Waals surface area (Å²) in [5.41, 5.74) is 2.01. The third-order valence-electron chi connectivity index (χ3n) is 3.41. The summed E-state index contributed by atoms with van der Waals surface area (Å²) in [6.45, 7) is 1.23. The monoisotopic (exact) mass is 317 g/mol. The fraction of sp³-hybridized carbons (Fsp3) is 0.188. The number of nitrogens with one attached hydrogen (secondary N) is 3. The number of rotatable bonds is 5. The topological polar surface area (TPSA) is 53.0 Å². The lowest BCUT2D eigenvalue weighted by atomic mass is 10.1. The fourth-order valence-electron chi connectivity index (χ4n) is 2.31. The lowest BCUT2D eigenvalue weighted by Crippen LogP contribution is -2.35. The lowest BCUT2D eigenvalue weighted by Gasteiger charge is -2.09. The number of aromatic nitrogens is 1. The van der Waals surface area contributed by atoms with Crippen molar-refractivity contribution in [2.45, 2.75) is 13.0 Å². The average Bonchev–Trinajstić information content (AvgIpc) is 3.15. The molecule has 0 saturated heterocycles. The summed E-state index contributed by atoms with van der Waals surface area (Å²) in [5.74, 6) is 0.605. The van der Waals surface area contributed by atoms with Crippen molar-refractivity contribution in [2.75, 3.05) is 6.54 Å². The quantitative estimate of drug-likeness (QED) is 0.633. The van der Waals surface area contributed by atoms with Crippen LogP contribution >= 0.6 is 12.2 Å². The second-order valence-corrected chi connectivity index (χ2v) is 5.35. The van der Waals surface area contributed by atoms with E-state index >= 15 is 0 Å². The molecular weight excluding hydrogens is 301 g/mol. The van der Waals surface area contributed by atoms with Gasteiger partial charge in [0, 0.05) is 23.6 Å². The third kappa shape index (κ3) is 3.46. The Morgan fingerprint density at radius 2 is 2.18 bits per heavy atom. The highest BCUT2D eigenvalue weighted by Crippen LogP contribution is 2.19. The largest absolute Gasteiger partial charge is 0.467 e. The highest BCUT2D eigenvalue weighted by atomic mass is 32.1. The van der Waals surface area contributed by atoms with Gasteiger partial charge in [-0.15, -0.1) is 0 Å². The van der Waals surface area contributed by atoms with Gasteiger partial charge in [0.25, 0.3) is 0 Å². The Hall–Kier alpha value is -2.34. The molecule has 0 aliphatic heterocycles. The predicted molar refractivity (Wildman–Crippen MR) is 88.1 cm³/mol. The minimum absolute atomic E-state index is 0.225. The first kappa shape index (κ1) is 14.6. The van der Waals surface area contributed by atoms with Crippen molar-refractivity contribution in [3.05, 3.63) is 59.9 Å². The zero-order valence-corrected chi connectivity index (χ0v) is 12.7. The van der Waals surface area contributed by atoms with E-state index in [1.54, 1.807) is 18.4 Å². The molecule has 0 atom stereocenters. The van der Waals surface area contributed by atoms with Gasteiger partial charge in [-0.25, -0.2) is 4.39 Å². The zero-order chi connectivity index (χ0) is 15.4. The summed E-state index contributed by atoms with van der Waals surface area (Å²) in [6, 6.07) is 8.47. The molecule has 0 fully saturated rings. The molecule has 0 aliphatic rings. The Morgan fingerprint density at radius 1 is 1.27 bits per heavy atom. The van der Waals surface area contributed by atoms with Gasteiger partial charge < -0.3 is 20.0 Å². The Balaban J connectivity index is 1.49. The van der Waals surface area contributed by atoms with Gasteiger partial charge in [0.2, 0.25) is 0 Å². The van der Waals surface area contributed by atoms with E-state index in [1.807, 2.05) is 18.3 Å². The van der Waals surface area contributed by atoms with E-state index in [1.165, 1.54) is 6.07 Å². The number of aromatic amines is 1. The molecule has 0 spiro atoms. The van der Waals surface area contributed by atoms with Crippen LogP contribution in [0.2, 0.25) is 0 Å². The van der Waals surface area contributed by atoms with Gasteiger partial charge in [0.15, 0.2) is 5.11 Å². The Kier molecular flexibility index (Phi) is 4.39. The van der Waals surface area contributed by atoms with Gasteiger partial charge in [0.05, 0.1) is 12.8 Å². The maximum Gasteiger partial charge on any atom is 0.166 e.